The third-order valence-corrected chi connectivity index (χ3v) is 7.23. The van der Waals surface area contributed by atoms with Gasteiger partial charge in [-0.3, -0.25) is 4.79 Å². The summed E-state index contributed by atoms with van der Waals surface area (Å²) in [4.78, 5) is 13.4. The van der Waals surface area contributed by atoms with Crippen LogP contribution in [0, 0.1) is 17.6 Å². The standard InChI is InChI=1S/C26H25F2N3O4S/c1-14-10-19(14)15-6-8-22-20(11-15)23(18-4-3-9-29-25(18)32)24(26(33)30-36(2,34)35)31(22)13-16-5-7-17(27)12-21(16)28/h3-9,11-12,14,19,25,29,32H,10,13H2,1-2H3,(H,30,33)/t14-,19+,25?/m1/s1. The molecule has 1 amide bonds. The van der Waals surface area contributed by atoms with Gasteiger partial charge < -0.3 is 15.0 Å². The van der Waals surface area contributed by atoms with Crippen LogP contribution in [0.4, 0.5) is 8.78 Å². The van der Waals surface area contributed by atoms with Gasteiger partial charge in [0.25, 0.3) is 5.91 Å². The number of nitrogens with zero attached hydrogens (tertiary/aromatic N) is 1. The van der Waals surface area contributed by atoms with Crippen molar-refractivity contribution in [1.82, 2.24) is 14.6 Å². The summed E-state index contributed by atoms with van der Waals surface area (Å²) in [6.45, 7) is 1.98. The molecule has 1 fully saturated rings. The molecular weight excluding hydrogens is 488 g/mol. The highest BCUT2D eigenvalue weighted by atomic mass is 32.2. The van der Waals surface area contributed by atoms with Gasteiger partial charge in [-0.05, 0) is 54.3 Å². The van der Waals surface area contributed by atoms with E-state index in [2.05, 4.69) is 12.2 Å². The van der Waals surface area contributed by atoms with Crippen molar-refractivity contribution in [2.24, 2.45) is 5.92 Å². The fraction of sp³-hybridized carbons (Fsp3) is 0.269. The van der Waals surface area contributed by atoms with E-state index in [0.29, 0.717) is 33.9 Å². The Kier molecular flexibility index (Phi) is 5.96. The lowest BCUT2D eigenvalue weighted by molar-refractivity contribution is 0.0973. The number of carbonyl (C=O) groups is 1. The van der Waals surface area contributed by atoms with Gasteiger partial charge in [0.05, 0.1) is 12.8 Å². The number of hydrogen-bond donors (Lipinski definition) is 3. The second-order valence-corrected chi connectivity index (χ2v) is 11.1. The molecule has 2 heterocycles. The lowest BCUT2D eigenvalue weighted by atomic mass is 9.96. The summed E-state index contributed by atoms with van der Waals surface area (Å²) in [5.74, 6) is -1.58. The Morgan fingerprint density at radius 3 is 2.61 bits per heavy atom. The van der Waals surface area contributed by atoms with Crippen molar-refractivity contribution in [2.45, 2.75) is 32.0 Å². The van der Waals surface area contributed by atoms with Crippen molar-refractivity contribution >= 4 is 32.4 Å². The summed E-state index contributed by atoms with van der Waals surface area (Å²) >= 11 is 0. The average molecular weight is 514 g/mol. The van der Waals surface area contributed by atoms with Crippen molar-refractivity contribution in [1.29, 1.82) is 0 Å². The molecular formula is C26H25F2N3O4S. The molecule has 36 heavy (non-hydrogen) atoms. The lowest BCUT2D eigenvalue weighted by Gasteiger charge is -2.20. The van der Waals surface area contributed by atoms with Crippen LogP contribution in [0.5, 0.6) is 0 Å². The molecule has 1 unspecified atom stereocenters. The first-order valence-electron chi connectivity index (χ1n) is 11.5. The van der Waals surface area contributed by atoms with Crippen LogP contribution < -0.4 is 10.0 Å². The highest BCUT2D eigenvalue weighted by Gasteiger charge is 2.35. The minimum absolute atomic E-state index is 0.0532. The molecule has 3 atom stereocenters. The summed E-state index contributed by atoms with van der Waals surface area (Å²) < 4.78 is 55.7. The lowest BCUT2D eigenvalue weighted by Crippen LogP contribution is -2.33. The quantitative estimate of drug-likeness (QED) is 0.468. The van der Waals surface area contributed by atoms with E-state index in [0.717, 1.165) is 30.4 Å². The number of aliphatic hydroxyl groups is 1. The number of hydrogen-bond acceptors (Lipinski definition) is 5. The summed E-state index contributed by atoms with van der Waals surface area (Å²) in [5.41, 5.74) is 2.37. The Morgan fingerprint density at radius 1 is 1.22 bits per heavy atom. The maximum atomic E-state index is 14.7. The van der Waals surface area contributed by atoms with Gasteiger partial charge in [0, 0.05) is 33.7 Å². The summed E-state index contributed by atoms with van der Waals surface area (Å²) in [7, 11) is -3.94. The highest BCUT2D eigenvalue weighted by Crippen LogP contribution is 2.48. The second-order valence-electron chi connectivity index (χ2n) is 9.40. The molecule has 1 aliphatic heterocycles. The molecule has 0 radical (unpaired) electrons. The van der Waals surface area contributed by atoms with E-state index in [1.54, 1.807) is 18.4 Å². The first-order valence-corrected chi connectivity index (χ1v) is 13.4. The van der Waals surface area contributed by atoms with E-state index in [4.69, 9.17) is 0 Å². The van der Waals surface area contributed by atoms with E-state index in [1.165, 1.54) is 10.6 Å². The Hall–Kier alpha value is -3.50. The van der Waals surface area contributed by atoms with Crippen molar-refractivity contribution in [3.05, 3.63) is 88.8 Å². The number of benzene rings is 2. The molecule has 0 saturated heterocycles. The monoisotopic (exact) mass is 513 g/mol. The van der Waals surface area contributed by atoms with Crippen LogP contribution in [0.15, 0.2) is 54.8 Å². The number of amides is 1. The first-order chi connectivity index (χ1) is 17.0. The van der Waals surface area contributed by atoms with Gasteiger partial charge in [-0.2, -0.15) is 0 Å². The van der Waals surface area contributed by atoms with E-state index in [9.17, 15) is 27.1 Å². The predicted octanol–water partition coefficient (Wildman–Crippen LogP) is 3.60. The molecule has 1 aliphatic carbocycles. The van der Waals surface area contributed by atoms with Crippen LogP contribution in [0.3, 0.4) is 0 Å². The van der Waals surface area contributed by atoms with Gasteiger partial charge in [0.1, 0.15) is 17.3 Å². The molecule has 0 bridgehead atoms. The Labute approximate surface area is 207 Å². The van der Waals surface area contributed by atoms with E-state index in [-0.39, 0.29) is 17.8 Å². The topological polar surface area (TPSA) is 100 Å². The van der Waals surface area contributed by atoms with Crippen molar-refractivity contribution < 1.29 is 27.1 Å². The number of halogens is 2. The molecule has 5 rings (SSSR count). The van der Waals surface area contributed by atoms with E-state index >= 15 is 0 Å². The molecule has 2 aliphatic rings. The van der Waals surface area contributed by atoms with E-state index in [1.807, 2.05) is 22.9 Å². The summed E-state index contributed by atoms with van der Waals surface area (Å²) in [6, 6.07) is 8.87. The minimum atomic E-state index is -3.94. The third kappa shape index (κ3) is 4.54. The van der Waals surface area contributed by atoms with Gasteiger partial charge in [0.15, 0.2) is 6.23 Å². The zero-order valence-corrected chi connectivity index (χ0v) is 20.4. The molecule has 3 aromatic rings. The van der Waals surface area contributed by atoms with Crippen LogP contribution in [0.25, 0.3) is 16.5 Å². The van der Waals surface area contributed by atoms with Gasteiger partial charge in [0.2, 0.25) is 10.0 Å². The van der Waals surface area contributed by atoms with Gasteiger partial charge >= 0.3 is 0 Å². The zero-order valence-electron chi connectivity index (χ0n) is 19.6. The number of carbonyl (C=O) groups excluding carboxylic acids is 1. The van der Waals surface area contributed by atoms with Crippen molar-refractivity contribution in [3.63, 3.8) is 0 Å². The predicted molar refractivity (Wildman–Crippen MR) is 132 cm³/mol. The fourth-order valence-corrected chi connectivity index (χ4v) is 5.25. The number of aromatic nitrogens is 1. The molecule has 188 valence electrons. The number of sulfonamides is 1. The molecule has 1 saturated carbocycles. The Bertz CT molecular complexity index is 1560. The number of fused-ring (bicyclic) bond motifs is 1. The normalized spacial score (nSPS) is 21.2. The van der Waals surface area contributed by atoms with Gasteiger partial charge in [-0.1, -0.05) is 25.1 Å². The smallest absolute Gasteiger partial charge is 0.282 e. The van der Waals surface area contributed by atoms with Crippen molar-refractivity contribution in [3.8, 4) is 0 Å². The molecule has 2 aromatic carbocycles. The minimum Gasteiger partial charge on any atom is -0.369 e. The van der Waals surface area contributed by atoms with Crippen LogP contribution >= 0.6 is 0 Å². The number of aliphatic hydroxyl groups excluding tert-OH is 1. The van der Waals surface area contributed by atoms with Crippen LogP contribution in [0.2, 0.25) is 0 Å². The Morgan fingerprint density at radius 2 is 1.97 bits per heavy atom. The van der Waals surface area contributed by atoms with Gasteiger partial charge in [-0.25, -0.2) is 21.9 Å². The fourth-order valence-electron chi connectivity index (χ4n) is 4.82. The molecule has 10 heteroatoms. The van der Waals surface area contributed by atoms with E-state index < -0.39 is 33.8 Å². The van der Waals surface area contributed by atoms with Gasteiger partial charge in [-0.15, -0.1) is 0 Å². The first kappa shape index (κ1) is 24.2. The highest BCUT2D eigenvalue weighted by molar-refractivity contribution is 7.89. The van der Waals surface area contributed by atoms with Crippen LogP contribution in [-0.2, 0) is 16.6 Å². The third-order valence-electron chi connectivity index (χ3n) is 6.67. The number of nitrogens with one attached hydrogen (secondary N) is 2. The molecule has 3 N–H and O–H groups in total. The average Bonchev–Trinajstić information content (AvgIpc) is 3.44. The summed E-state index contributed by atoms with van der Waals surface area (Å²) in [5, 5.41) is 14.1. The molecule has 1 aromatic heterocycles. The van der Waals surface area contributed by atoms with Crippen LogP contribution in [0.1, 0.15) is 46.4 Å². The summed E-state index contributed by atoms with van der Waals surface area (Å²) in [6.07, 6.45) is 5.58. The number of rotatable bonds is 6. The number of dihydropyridines is 1. The maximum Gasteiger partial charge on any atom is 0.282 e. The maximum absolute atomic E-state index is 14.7. The number of allylic oxidation sites excluding steroid dienone is 2. The second kappa shape index (κ2) is 8.86. The zero-order chi connectivity index (χ0) is 25.8. The molecule has 7 nitrogen and oxygen atoms in total. The Balaban J connectivity index is 1.80. The SMILES string of the molecule is C[C@@H]1C[C@@H]1c1ccc2c(c1)c(C1=CC=CNC1O)c(C(=O)NS(C)(=O)=O)n2Cc1ccc(F)cc1F. The molecule has 0 spiro atoms. The largest absolute Gasteiger partial charge is 0.369 e. The van der Waals surface area contributed by atoms with Crippen LogP contribution in [-0.4, -0.2) is 36.5 Å². The van der Waals surface area contributed by atoms with Crippen molar-refractivity contribution in [2.75, 3.05) is 6.26 Å².